The molecule has 0 unspecified atom stereocenters. The van der Waals surface area contributed by atoms with Gasteiger partial charge in [0.2, 0.25) is 0 Å². The molecule has 1 saturated heterocycles. The second-order valence-electron chi connectivity index (χ2n) is 8.65. The van der Waals surface area contributed by atoms with Gasteiger partial charge in [-0.2, -0.15) is 5.26 Å². The molecule has 2 aromatic carbocycles. The molecule has 2 aromatic heterocycles. The van der Waals surface area contributed by atoms with Gasteiger partial charge in [0.05, 0.1) is 23.0 Å². The fraction of sp³-hybridized carbons (Fsp3) is 0.240. The maximum absolute atomic E-state index is 9.10. The minimum absolute atomic E-state index is 0.242. The second kappa shape index (κ2) is 7.08. The number of benzene rings is 2. The number of aromatic nitrogens is 4. The van der Waals surface area contributed by atoms with Crippen molar-refractivity contribution in [3.8, 4) is 34.4 Å². The predicted octanol–water partition coefficient (Wildman–Crippen LogP) is 3.48. The highest BCUT2D eigenvalue weighted by molar-refractivity contribution is 5.72. The molecule has 1 fully saturated rings. The summed E-state index contributed by atoms with van der Waals surface area (Å²) in [6.45, 7) is 4.63. The lowest BCUT2D eigenvalue weighted by molar-refractivity contribution is 0.752. The normalized spacial score (nSPS) is 16.8. The Morgan fingerprint density at radius 2 is 1.91 bits per heavy atom. The summed E-state index contributed by atoms with van der Waals surface area (Å²) < 4.78 is 4.40. The van der Waals surface area contributed by atoms with E-state index in [9.17, 15) is 0 Å². The first kappa shape index (κ1) is 18.8. The van der Waals surface area contributed by atoms with Crippen LogP contribution in [0.25, 0.3) is 28.3 Å². The average Bonchev–Trinajstić information content (AvgIpc) is 3.51. The number of hydrogen-bond donors (Lipinski definition) is 1. The molecule has 1 atom stereocenters. The Morgan fingerprint density at radius 3 is 2.66 bits per heavy atom. The van der Waals surface area contributed by atoms with Gasteiger partial charge >= 0.3 is 0 Å². The van der Waals surface area contributed by atoms with Gasteiger partial charge in [-0.25, -0.2) is 0 Å². The van der Waals surface area contributed by atoms with Crippen LogP contribution in [0.3, 0.4) is 0 Å². The van der Waals surface area contributed by atoms with E-state index in [1.54, 1.807) is 0 Å². The molecule has 2 aliphatic rings. The lowest BCUT2D eigenvalue weighted by atomic mass is 10.1. The minimum Gasteiger partial charge on any atom is -0.370 e. The van der Waals surface area contributed by atoms with Gasteiger partial charge < -0.3 is 15.2 Å². The summed E-state index contributed by atoms with van der Waals surface area (Å²) in [6, 6.07) is 18.9. The lowest BCUT2D eigenvalue weighted by Gasteiger charge is -2.20. The van der Waals surface area contributed by atoms with Crippen molar-refractivity contribution < 1.29 is 0 Å². The van der Waals surface area contributed by atoms with E-state index in [0.29, 0.717) is 5.56 Å². The van der Waals surface area contributed by atoms with Gasteiger partial charge in [0.15, 0.2) is 5.82 Å². The van der Waals surface area contributed by atoms with E-state index in [4.69, 9.17) is 11.0 Å². The molecule has 2 aliphatic heterocycles. The molecule has 32 heavy (non-hydrogen) atoms. The first-order valence-corrected chi connectivity index (χ1v) is 10.9. The van der Waals surface area contributed by atoms with Crippen LogP contribution >= 0.6 is 0 Å². The summed E-state index contributed by atoms with van der Waals surface area (Å²) in [5, 5.41) is 18.0. The van der Waals surface area contributed by atoms with Crippen molar-refractivity contribution in [2.24, 2.45) is 5.73 Å². The number of rotatable bonds is 2. The van der Waals surface area contributed by atoms with Crippen molar-refractivity contribution in [3.63, 3.8) is 0 Å². The smallest absolute Gasteiger partial charge is 0.185 e. The zero-order valence-corrected chi connectivity index (χ0v) is 17.9. The summed E-state index contributed by atoms with van der Waals surface area (Å²) in [6.07, 6.45) is 3.19. The summed E-state index contributed by atoms with van der Waals surface area (Å²) in [4.78, 5) is 2.37. The number of fused-ring (bicyclic) bond motifs is 5. The van der Waals surface area contributed by atoms with E-state index >= 15 is 0 Å². The molecule has 4 heterocycles. The Kier molecular flexibility index (Phi) is 4.17. The van der Waals surface area contributed by atoms with E-state index < -0.39 is 0 Å². The van der Waals surface area contributed by atoms with Gasteiger partial charge in [0, 0.05) is 43.1 Å². The number of nitrogens with zero attached hydrogens (tertiary/aromatic N) is 6. The van der Waals surface area contributed by atoms with Crippen molar-refractivity contribution in [1.29, 1.82) is 5.26 Å². The van der Waals surface area contributed by atoms with Crippen LogP contribution in [0.1, 0.15) is 23.4 Å². The predicted molar refractivity (Wildman–Crippen MR) is 124 cm³/mol. The molecular formula is C25H23N7. The lowest BCUT2D eigenvalue weighted by Crippen LogP contribution is -2.26. The van der Waals surface area contributed by atoms with E-state index in [-0.39, 0.29) is 6.04 Å². The molecule has 0 spiro atoms. The van der Waals surface area contributed by atoms with Crippen molar-refractivity contribution in [2.75, 3.05) is 18.0 Å². The zero-order chi connectivity index (χ0) is 21.8. The van der Waals surface area contributed by atoms with E-state index in [1.807, 2.05) is 31.2 Å². The number of nitrogens with two attached hydrogens (primary N) is 1. The van der Waals surface area contributed by atoms with Gasteiger partial charge in [0.1, 0.15) is 5.82 Å². The Balaban J connectivity index is 1.47. The summed E-state index contributed by atoms with van der Waals surface area (Å²) >= 11 is 0. The highest BCUT2D eigenvalue weighted by atomic mass is 15.3. The highest BCUT2D eigenvalue weighted by Crippen LogP contribution is 2.36. The molecular weight excluding hydrogens is 398 g/mol. The second-order valence-corrected chi connectivity index (χ2v) is 8.65. The van der Waals surface area contributed by atoms with Crippen LogP contribution in [-0.4, -0.2) is 38.5 Å². The fourth-order valence-electron chi connectivity index (χ4n) is 4.86. The number of nitriles is 1. The Labute approximate surface area is 186 Å². The van der Waals surface area contributed by atoms with Crippen LogP contribution in [0, 0.1) is 18.3 Å². The molecule has 158 valence electrons. The minimum atomic E-state index is 0.242. The molecule has 0 radical (unpaired) electrons. The Hall–Kier alpha value is -3.89. The SMILES string of the molecule is Cc1nnc2n1-c1ccc(N3CC[C@H](N)C3)cc1Cn1cc(-c3ccc(C#N)cc3)cc1-2. The zero-order valence-electron chi connectivity index (χ0n) is 17.9. The van der Waals surface area contributed by atoms with Gasteiger partial charge in [-0.1, -0.05) is 12.1 Å². The van der Waals surface area contributed by atoms with Crippen LogP contribution in [0.4, 0.5) is 5.69 Å². The molecule has 4 aromatic rings. The van der Waals surface area contributed by atoms with Crippen molar-refractivity contribution in [2.45, 2.75) is 25.9 Å². The molecule has 2 N–H and O–H groups in total. The largest absolute Gasteiger partial charge is 0.370 e. The first-order chi connectivity index (χ1) is 15.6. The van der Waals surface area contributed by atoms with Crippen LogP contribution in [0.5, 0.6) is 0 Å². The molecule has 6 rings (SSSR count). The summed E-state index contributed by atoms with van der Waals surface area (Å²) in [7, 11) is 0. The van der Waals surface area contributed by atoms with E-state index in [1.165, 1.54) is 11.3 Å². The standard InChI is InChI=1S/C25H23N7/c1-16-28-29-25-24-11-19(18-4-2-17(12-26)3-5-18)13-31(24)14-20-10-22(6-7-23(20)32(16)25)30-9-8-21(27)15-30/h2-7,10-11,13,21H,8-9,14-15,27H2,1H3/t21-/m0/s1. The van der Waals surface area contributed by atoms with Gasteiger partial charge in [-0.15, -0.1) is 10.2 Å². The number of hydrogen-bond acceptors (Lipinski definition) is 5. The summed E-state index contributed by atoms with van der Waals surface area (Å²) in [5.41, 5.74) is 13.6. The Morgan fingerprint density at radius 1 is 1.06 bits per heavy atom. The molecule has 0 aliphatic carbocycles. The quantitative estimate of drug-likeness (QED) is 0.471. The maximum atomic E-state index is 9.10. The Bertz CT molecular complexity index is 1370. The molecule has 7 heteroatoms. The third-order valence-electron chi connectivity index (χ3n) is 6.53. The molecule has 7 nitrogen and oxygen atoms in total. The van der Waals surface area contributed by atoms with Crippen LogP contribution < -0.4 is 10.6 Å². The third kappa shape index (κ3) is 2.92. The first-order valence-electron chi connectivity index (χ1n) is 10.9. The third-order valence-corrected chi connectivity index (χ3v) is 6.53. The molecule has 0 saturated carbocycles. The number of anilines is 1. The van der Waals surface area contributed by atoms with Crippen molar-refractivity contribution >= 4 is 5.69 Å². The monoisotopic (exact) mass is 421 g/mol. The van der Waals surface area contributed by atoms with Crippen LogP contribution in [-0.2, 0) is 6.54 Å². The molecule has 0 bridgehead atoms. The van der Waals surface area contributed by atoms with E-state index in [2.05, 4.69) is 60.8 Å². The van der Waals surface area contributed by atoms with Gasteiger partial charge in [0.25, 0.3) is 0 Å². The van der Waals surface area contributed by atoms with Crippen molar-refractivity contribution in [1.82, 2.24) is 19.3 Å². The van der Waals surface area contributed by atoms with Gasteiger partial charge in [-0.3, -0.25) is 4.57 Å². The fourth-order valence-corrected chi connectivity index (χ4v) is 4.86. The topological polar surface area (TPSA) is 88.7 Å². The average molecular weight is 422 g/mol. The van der Waals surface area contributed by atoms with E-state index in [0.717, 1.165) is 60.2 Å². The number of aryl methyl sites for hydroxylation is 1. The maximum Gasteiger partial charge on any atom is 0.185 e. The highest BCUT2D eigenvalue weighted by Gasteiger charge is 2.26. The van der Waals surface area contributed by atoms with Crippen LogP contribution in [0.15, 0.2) is 54.7 Å². The summed E-state index contributed by atoms with van der Waals surface area (Å²) in [5.74, 6) is 1.71. The van der Waals surface area contributed by atoms with Crippen LogP contribution in [0.2, 0.25) is 0 Å². The van der Waals surface area contributed by atoms with Crippen molar-refractivity contribution in [3.05, 3.63) is 71.7 Å². The molecule has 0 amide bonds. The van der Waals surface area contributed by atoms with Gasteiger partial charge in [-0.05, 0) is 60.9 Å².